The van der Waals surface area contributed by atoms with Crippen LogP contribution >= 0.6 is 7.60 Å². The molecule has 1 aromatic carbocycles. The molecule has 0 spiro atoms. The van der Waals surface area contributed by atoms with Crippen LogP contribution in [0.15, 0.2) is 36.9 Å². The van der Waals surface area contributed by atoms with E-state index in [1.807, 2.05) is 0 Å². The van der Waals surface area contributed by atoms with Gasteiger partial charge in [0, 0.05) is 18.6 Å². The molecule has 1 heterocycles. The average Bonchev–Trinajstić information content (AvgIpc) is 2.44. The lowest BCUT2D eigenvalue weighted by molar-refractivity contribution is 0.388. The number of phenolic OH excluding ortho intramolecular Hbond substituents is 1. The molecule has 0 bridgehead atoms. The number of nitrogens with zero attached hydrogens (tertiary/aromatic N) is 2. The molecule has 0 atom stereocenters. The maximum atomic E-state index is 11.7. The second-order valence-corrected chi connectivity index (χ2v) is 6.34. The summed E-state index contributed by atoms with van der Waals surface area (Å²) in [6.07, 6.45) is 5.59. The van der Waals surface area contributed by atoms with Gasteiger partial charge in [-0.05, 0) is 42.7 Å². The summed E-state index contributed by atoms with van der Waals surface area (Å²) in [6, 6.07) is 3.04. The van der Waals surface area contributed by atoms with Crippen molar-refractivity contribution in [3.05, 3.63) is 53.6 Å². The third-order valence-corrected chi connectivity index (χ3v) is 4.04. The summed E-state index contributed by atoms with van der Waals surface area (Å²) in [4.78, 5) is 26.9. The van der Waals surface area contributed by atoms with E-state index in [0.717, 1.165) is 0 Å². The largest absolute Gasteiger partial charge is 0.507 e. The van der Waals surface area contributed by atoms with Crippen LogP contribution in [0, 0.1) is 13.8 Å². The molecule has 0 amide bonds. The number of aromatic hydroxyl groups is 1. The van der Waals surface area contributed by atoms with E-state index in [-0.39, 0.29) is 11.1 Å². The number of hydrogen-bond donors (Lipinski definition) is 4. The average molecular weight is 321 g/mol. The van der Waals surface area contributed by atoms with E-state index < -0.39 is 7.60 Å². The molecule has 7 nitrogen and oxygen atoms in total. The Morgan fingerprint density at radius 2 is 1.86 bits per heavy atom. The molecule has 0 unspecified atom stereocenters. The third-order valence-electron chi connectivity index (χ3n) is 3.02. The highest BCUT2D eigenvalue weighted by atomic mass is 31.2. The molecule has 2 rings (SSSR count). The van der Waals surface area contributed by atoms with Crippen LogP contribution in [0.1, 0.15) is 16.7 Å². The Bertz CT molecular complexity index is 733. The highest BCUT2D eigenvalue weighted by Gasteiger charge is 2.24. The molecule has 4 N–H and O–H groups in total. The number of hydrogen-bond acceptors (Lipinski definition) is 5. The van der Waals surface area contributed by atoms with Gasteiger partial charge in [0.25, 0.3) is 0 Å². The van der Waals surface area contributed by atoms with Crippen molar-refractivity contribution in [2.45, 2.75) is 13.8 Å². The first-order chi connectivity index (χ1) is 10.3. The Kier molecular flexibility index (Phi) is 4.61. The van der Waals surface area contributed by atoms with E-state index in [4.69, 9.17) is 0 Å². The van der Waals surface area contributed by atoms with Crippen LogP contribution in [0.3, 0.4) is 0 Å². The van der Waals surface area contributed by atoms with Crippen molar-refractivity contribution in [2.75, 3.05) is 5.32 Å². The molecule has 0 aliphatic carbocycles. The van der Waals surface area contributed by atoms with Crippen LogP contribution in [-0.2, 0) is 4.57 Å². The second kappa shape index (κ2) is 6.27. The zero-order chi connectivity index (χ0) is 16.3. The van der Waals surface area contributed by atoms with Gasteiger partial charge in [-0.15, -0.1) is 0 Å². The van der Waals surface area contributed by atoms with E-state index in [1.165, 1.54) is 36.9 Å². The van der Waals surface area contributed by atoms with E-state index in [1.54, 1.807) is 13.8 Å². The summed E-state index contributed by atoms with van der Waals surface area (Å²) in [6.45, 7) is 3.33. The Morgan fingerprint density at radius 1 is 1.23 bits per heavy atom. The molecular formula is C14H16N3O4P. The van der Waals surface area contributed by atoms with Crippen LogP contribution < -0.4 is 5.32 Å². The molecule has 1 aromatic heterocycles. The minimum atomic E-state index is -4.52. The fourth-order valence-corrected chi connectivity index (χ4v) is 2.65. The summed E-state index contributed by atoms with van der Waals surface area (Å²) in [7, 11) is -4.52. The number of rotatable bonds is 4. The van der Waals surface area contributed by atoms with Gasteiger partial charge in [0.1, 0.15) is 11.6 Å². The number of nitrogens with one attached hydrogen (secondary N) is 1. The highest BCUT2D eigenvalue weighted by Crippen LogP contribution is 2.51. The lowest BCUT2D eigenvalue weighted by Gasteiger charge is -2.13. The van der Waals surface area contributed by atoms with E-state index in [9.17, 15) is 19.5 Å². The lowest BCUT2D eigenvalue weighted by Crippen LogP contribution is -1.97. The van der Waals surface area contributed by atoms with Gasteiger partial charge in [-0.1, -0.05) is 0 Å². The Balaban J connectivity index is 2.46. The molecule has 0 saturated carbocycles. The minimum absolute atomic E-state index is 0.107. The summed E-state index contributed by atoms with van der Waals surface area (Å²) >= 11 is 0. The van der Waals surface area contributed by atoms with Crippen molar-refractivity contribution in [1.29, 1.82) is 0 Å². The van der Waals surface area contributed by atoms with Crippen molar-refractivity contribution in [3.8, 4) is 5.75 Å². The van der Waals surface area contributed by atoms with Gasteiger partial charge in [0.15, 0.2) is 0 Å². The third kappa shape index (κ3) is 3.71. The normalized spacial score (nSPS) is 12.3. The summed E-state index contributed by atoms with van der Waals surface area (Å²) in [5.74, 6) is 0.469. The zero-order valence-corrected chi connectivity index (χ0v) is 13.0. The topological polar surface area (TPSA) is 116 Å². The van der Waals surface area contributed by atoms with Gasteiger partial charge >= 0.3 is 7.60 Å². The number of aromatic nitrogens is 2. The minimum Gasteiger partial charge on any atom is -0.507 e. The first-order valence-electron chi connectivity index (χ1n) is 6.38. The molecule has 22 heavy (non-hydrogen) atoms. The predicted molar refractivity (Wildman–Crippen MR) is 83.3 cm³/mol. The van der Waals surface area contributed by atoms with Crippen LogP contribution in [0.5, 0.6) is 5.75 Å². The van der Waals surface area contributed by atoms with Gasteiger partial charge in [0.05, 0.1) is 11.5 Å². The fraction of sp³-hybridized carbons (Fsp3) is 0.143. The Hall–Kier alpha value is -2.21. The van der Waals surface area contributed by atoms with Crippen LogP contribution in [0.2, 0.25) is 0 Å². The van der Waals surface area contributed by atoms with Gasteiger partial charge < -0.3 is 20.2 Å². The molecule has 0 saturated heterocycles. The Morgan fingerprint density at radius 3 is 2.36 bits per heavy atom. The number of aryl methyl sites for hydroxylation is 2. The molecule has 0 fully saturated rings. The van der Waals surface area contributed by atoms with E-state index in [2.05, 4.69) is 15.3 Å². The van der Waals surface area contributed by atoms with Crippen LogP contribution in [0.25, 0.3) is 5.31 Å². The van der Waals surface area contributed by atoms with Gasteiger partial charge in [-0.2, -0.15) is 0 Å². The SMILES string of the molecule is Cc1cc(/C(=C\Nc2cnccn2)P(=O)(O)O)cc(C)c1O. The van der Waals surface area contributed by atoms with Gasteiger partial charge in [-0.3, -0.25) is 9.55 Å². The quantitative estimate of drug-likeness (QED) is 0.639. The first-order valence-corrected chi connectivity index (χ1v) is 7.99. The van der Waals surface area contributed by atoms with E-state index >= 15 is 0 Å². The summed E-state index contributed by atoms with van der Waals surface area (Å²) in [5.41, 5.74) is 1.40. The van der Waals surface area contributed by atoms with Crippen molar-refractivity contribution in [3.63, 3.8) is 0 Å². The summed E-state index contributed by atoms with van der Waals surface area (Å²) in [5, 5.41) is 12.3. The molecule has 8 heteroatoms. The van der Waals surface area contributed by atoms with Crippen molar-refractivity contribution < 1.29 is 19.5 Å². The number of phenols is 1. The monoisotopic (exact) mass is 321 g/mol. The van der Waals surface area contributed by atoms with Crippen LogP contribution in [-0.4, -0.2) is 24.9 Å². The number of benzene rings is 1. The molecule has 0 radical (unpaired) electrons. The molecule has 0 aliphatic rings. The van der Waals surface area contributed by atoms with Gasteiger partial charge in [-0.25, -0.2) is 4.98 Å². The molecule has 116 valence electrons. The second-order valence-electron chi connectivity index (χ2n) is 4.77. The smallest absolute Gasteiger partial charge is 0.358 e. The van der Waals surface area contributed by atoms with Crippen molar-refractivity contribution in [1.82, 2.24) is 9.97 Å². The van der Waals surface area contributed by atoms with Gasteiger partial charge in [0.2, 0.25) is 0 Å². The Labute approximate surface area is 127 Å². The van der Waals surface area contributed by atoms with Crippen molar-refractivity contribution in [2.24, 2.45) is 0 Å². The molecule has 0 aliphatic heterocycles. The summed E-state index contributed by atoms with van der Waals surface area (Å²) < 4.78 is 11.7. The van der Waals surface area contributed by atoms with Crippen molar-refractivity contribution >= 4 is 18.7 Å². The van der Waals surface area contributed by atoms with Crippen LogP contribution in [0.4, 0.5) is 5.82 Å². The maximum Gasteiger partial charge on any atom is 0.358 e. The zero-order valence-electron chi connectivity index (χ0n) is 12.1. The highest BCUT2D eigenvalue weighted by molar-refractivity contribution is 7.63. The predicted octanol–water partition coefficient (Wildman–Crippen LogP) is 2.39. The molecular weight excluding hydrogens is 305 g/mol. The maximum absolute atomic E-state index is 11.7. The van der Waals surface area contributed by atoms with E-state index in [0.29, 0.717) is 22.5 Å². The standard InChI is InChI=1S/C14H16N3O4P/c1-9-5-11(6-10(2)14(9)18)12(22(19,20)21)7-17-13-8-15-3-4-16-13/h3-8,18H,1-2H3,(H,16,17)(H2,19,20,21)/b12-7+. The fourth-order valence-electron chi connectivity index (χ4n) is 1.96. The number of anilines is 1. The first kappa shape index (κ1) is 16.2. The molecule has 2 aromatic rings. The lowest BCUT2D eigenvalue weighted by atomic mass is 10.1.